The Morgan fingerprint density at radius 2 is 1.96 bits per heavy atom. The van der Waals surface area contributed by atoms with Gasteiger partial charge in [0, 0.05) is 25.3 Å². The SMILES string of the molecule is Cc1cc(C(=O)NC2CCN(c3ccc(C(F)(F)F)cn3)CC2)cnn1. The molecular weight excluding hydrogens is 347 g/mol. The molecule has 0 aliphatic carbocycles. The summed E-state index contributed by atoms with van der Waals surface area (Å²) >= 11 is 0. The maximum Gasteiger partial charge on any atom is 0.417 e. The van der Waals surface area contributed by atoms with Crippen LogP contribution >= 0.6 is 0 Å². The van der Waals surface area contributed by atoms with E-state index in [1.165, 1.54) is 12.3 Å². The van der Waals surface area contributed by atoms with Crippen molar-refractivity contribution in [3.63, 3.8) is 0 Å². The molecule has 0 bridgehead atoms. The molecule has 1 fully saturated rings. The first-order chi connectivity index (χ1) is 12.3. The number of aromatic nitrogens is 3. The molecule has 26 heavy (non-hydrogen) atoms. The highest BCUT2D eigenvalue weighted by Gasteiger charge is 2.31. The number of amides is 1. The maximum atomic E-state index is 12.6. The van der Waals surface area contributed by atoms with E-state index in [4.69, 9.17) is 0 Å². The van der Waals surface area contributed by atoms with E-state index in [0.29, 0.717) is 43.0 Å². The molecule has 9 heteroatoms. The average Bonchev–Trinajstić information content (AvgIpc) is 2.62. The zero-order valence-corrected chi connectivity index (χ0v) is 14.1. The van der Waals surface area contributed by atoms with Crippen LogP contribution in [-0.2, 0) is 6.18 Å². The Morgan fingerprint density at radius 3 is 2.54 bits per heavy atom. The molecule has 0 spiro atoms. The number of hydrogen-bond acceptors (Lipinski definition) is 5. The number of rotatable bonds is 3. The van der Waals surface area contributed by atoms with Gasteiger partial charge in [-0.15, -0.1) is 0 Å². The van der Waals surface area contributed by atoms with E-state index >= 15 is 0 Å². The van der Waals surface area contributed by atoms with Crippen molar-refractivity contribution in [1.29, 1.82) is 0 Å². The van der Waals surface area contributed by atoms with Gasteiger partial charge < -0.3 is 10.2 Å². The van der Waals surface area contributed by atoms with Crippen molar-refractivity contribution in [2.45, 2.75) is 32.0 Å². The number of halogens is 3. The summed E-state index contributed by atoms with van der Waals surface area (Å²) in [5.41, 5.74) is 0.370. The third kappa shape index (κ3) is 4.27. The summed E-state index contributed by atoms with van der Waals surface area (Å²) in [7, 11) is 0. The number of alkyl halides is 3. The molecule has 6 nitrogen and oxygen atoms in total. The summed E-state index contributed by atoms with van der Waals surface area (Å²) in [5, 5.41) is 10.5. The van der Waals surface area contributed by atoms with Gasteiger partial charge in [-0.3, -0.25) is 4.79 Å². The largest absolute Gasteiger partial charge is 0.417 e. The van der Waals surface area contributed by atoms with Gasteiger partial charge >= 0.3 is 6.18 Å². The van der Waals surface area contributed by atoms with Gasteiger partial charge in [-0.2, -0.15) is 23.4 Å². The average molecular weight is 365 g/mol. The van der Waals surface area contributed by atoms with Crippen LogP contribution in [0.2, 0.25) is 0 Å². The van der Waals surface area contributed by atoms with Gasteiger partial charge in [-0.05, 0) is 38.0 Å². The lowest BCUT2D eigenvalue weighted by molar-refractivity contribution is -0.137. The van der Waals surface area contributed by atoms with Crippen LogP contribution in [0.5, 0.6) is 0 Å². The van der Waals surface area contributed by atoms with Gasteiger partial charge in [0.15, 0.2) is 0 Å². The second-order valence-electron chi connectivity index (χ2n) is 6.22. The maximum absolute atomic E-state index is 12.6. The molecule has 3 heterocycles. The Hall–Kier alpha value is -2.71. The molecule has 2 aromatic rings. The highest BCUT2D eigenvalue weighted by Crippen LogP contribution is 2.29. The van der Waals surface area contributed by atoms with E-state index in [0.717, 1.165) is 12.3 Å². The molecular formula is C17H18F3N5O. The Labute approximate surface area is 148 Å². The first kappa shape index (κ1) is 18.1. The van der Waals surface area contributed by atoms with Crippen LogP contribution in [0.25, 0.3) is 0 Å². The van der Waals surface area contributed by atoms with E-state index in [-0.39, 0.29) is 11.9 Å². The fourth-order valence-corrected chi connectivity index (χ4v) is 2.86. The normalized spacial score (nSPS) is 15.8. The summed E-state index contributed by atoms with van der Waals surface area (Å²) in [6, 6.07) is 4.09. The number of nitrogens with zero attached hydrogens (tertiary/aromatic N) is 4. The van der Waals surface area contributed by atoms with Crippen molar-refractivity contribution in [1.82, 2.24) is 20.5 Å². The van der Waals surface area contributed by atoms with Crippen LogP contribution in [0.15, 0.2) is 30.6 Å². The van der Waals surface area contributed by atoms with Crippen molar-refractivity contribution >= 4 is 11.7 Å². The molecule has 0 aromatic carbocycles. The molecule has 0 atom stereocenters. The standard InChI is InChI=1S/C17H18F3N5O/c1-11-8-12(9-22-24-11)16(26)23-14-4-6-25(7-5-14)15-3-2-13(10-21-15)17(18,19)20/h2-3,8-10,14H,4-7H2,1H3,(H,23,26). The summed E-state index contributed by atoms with van der Waals surface area (Å²) in [6.07, 6.45) is -0.744. The minimum absolute atomic E-state index is 0.00155. The predicted octanol–water partition coefficient (Wildman–Crippen LogP) is 2.60. The highest BCUT2D eigenvalue weighted by molar-refractivity contribution is 5.94. The van der Waals surface area contributed by atoms with Crippen LogP contribution in [0, 0.1) is 6.92 Å². The molecule has 1 N–H and O–H groups in total. The lowest BCUT2D eigenvalue weighted by Gasteiger charge is -2.33. The first-order valence-electron chi connectivity index (χ1n) is 8.21. The van der Waals surface area contributed by atoms with Gasteiger partial charge in [0.05, 0.1) is 23.0 Å². The van der Waals surface area contributed by atoms with E-state index in [2.05, 4.69) is 20.5 Å². The smallest absolute Gasteiger partial charge is 0.356 e. The van der Waals surface area contributed by atoms with Crippen LogP contribution in [0.4, 0.5) is 19.0 Å². The van der Waals surface area contributed by atoms with Crippen molar-refractivity contribution in [3.8, 4) is 0 Å². The molecule has 1 saturated heterocycles. The molecule has 2 aromatic heterocycles. The minimum Gasteiger partial charge on any atom is -0.356 e. The fraction of sp³-hybridized carbons (Fsp3) is 0.412. The van der Waals surface area contributed by atoms with E-state index in [1.807, 2.05) is 4.90 Å². The van der Waals surface area contributed by atoms with Crippen LogP contribution in [-0.4, -0.2) is 40.2 Å². The van der Waals surface area contributed by atoms with Crippen LogP contribution in [0.3, 0.4) is 0 Å². The van der Waals surface area contributed by atoms with Crippen molar-refractivity contribution < 1.29 is 18.0 Å². The van der Waals surface area contributed by atoms with Crippen molar-refractivity contribution in [3.05, 3.63) is 47.4 Å². The van der Waals surface area contributed by atoms with E-state index in [1.54, 1.807) is 13.0 Å². The highest BCUT2D eigenvalue weighted by atomic mass is 19.4. The second kappa shape index (κ2) is 7.27. The Kier molecular flexibility index (Phi) is 5.06. The van der Waals surface area contributed by atoms with Gasteiger partial charge in [0.25, 0.3) is 5.91 Å². The number of pyridine rings is 1. The summed E-state index contributed by atoms with van der Waals surface area (Å²) in [6.45, 7) is 2.98. The minimum atomic E-state index is -4.39. The lowest BCUT2D eigenvalue weighted by atomic mass is 10.0. The second-order valence-corrected chi connectivity index (χ2v) is 6.22. The van der Waals surface area contributed by atoms with E-state index in [9.17, 15) is 18.0 Å². The monoisotopic (exact) mass is 365 g/mol. The zero-order valence-electron chi connectivity index (χ0n) is 14.1. The number of carbonyl (C=O) groups is 1. The fourth-order valence-electron chi connectivity index (χ4n) is 2.86. The number of aryl methyl sites for hydroxylation is 1. The first-order valence-corrected chi connectivity index (χ1v) is 8.21. The molecule has 1 amide bonds. The Balaban J connectivity index is 1.55. The number of nitrogens with one attached hydrogen (secondary N) is 1. The molecule has 1 aliphatic rings. The van der Waals surface area contributed by atoms with E-state index < -0.39 is 11.7 Å². The molecule has 1 aliphatic heterocycles. The van der Waals surface area contributed by atoms with Crippen molar-refractivity contribution in [2.24, 2.45) is 0 Å². The zero-order chi connectivity index (χ0) is 18.7. The summed E-state index contributed by atoms with van der Waals surface area (Å²) < 4.78 is 37.8. The van der Waals surface area contributed by atoms with Crippen LogP contribution < -0.4 is 10.2 Å². The van der Waals surface area contributed by atoms with Crippen LogP contribution in [0.1, 0.15) is 34.5 Å². The summed E-state index contributed by atoms with van der Waals surface area (Å²) in [4.78, 5) is 18.1. The van der Waals surface area contributed by atoms with Crippen molar-refractivity contribution in [2.75, 3.05) is 18.0 Å². The lowest BCUT2D eigenvalue weighted by Crippen LogP contribution is -2.45. The Bertz CT molecular complexity index is 771. The topological polar surface area (TPSA) is 71.0 Å². The molecule has 0 saturated carbocycles. The molecule has 0 radical (unpaired) electrons. The quantitative estimate of drug-likeness (QED) is 0.905. The number of anilines is 1. The van der Waals surface area contributed by atoms with Gasteiger partial charge in [0.2, 0.25) is 0 Å². The van der Waals surface area contributed by atoms with Gasteiger partial charge in [0.1, 0.15) is 5.82 Å². The number of hydrogen-bond donors (Lipinski definition) is 1. The molecule has 0 unspecified atom stereocenters. The van der Waals surface area contributed by atoms with Gasteiger partial charge in [-0.25, -0.2) is 4.98 Å². The van der Waals surface area contributed by atoms with Gasteiger partial charge in [-0.1, -0.05) is 0 Å². The number of piperidine rings is 1. The number of carbonyl (C=O) groups excluding carboxylic acids is 1. The molecule has 138 valence electrons. The third-order valence-electron chi connectivity index (χ3n) is 4.27. The summed E-state index contributed by atoms with van der Waals surface area (Å²) in [5.74, 6) is 0.311. The Morgan fingerprint density at radius 1 is 1.23 bits per heavy atom. The predicted molar refractivity (Wildman–Crippen MR) is 88.7 cm³/mol. The molecule has 3 rings (SSSR count). The third-order valence-corrected chi connectivity index (χ3v) is 4.27.